The predicted molar refractivity (Wildman–Crippen MR) is 198 cm³/mol. The molecule has 1 aliphatic heterocycles. The first-order chi connectivity index (χ1) is 24.7. The van der Waals surface area contributed by atoms with E-state index < -0.39 is 11.8 Å². The van der Waals surface area contributed by atoms with Crippen molar-refractivity contribution in [1.82, 2.24) is 5.06 Å². The molecule has 1 fully saturated rings. The summed E-state index contributed by atoms with van der Waals surface area (Å²) in [5.41, 5.74) is 1.42. The van der Waals surface area contributed by atoms with Crippen molar-refractivity contribution in [1.29, 1.82) is 0 Å². The lowest BCUT2D eigenvalue weighted by molar-refractivity contribution is -0.179. The molecule has 11 heteroatoms. The van der Waals surface area contributed by atoms with E-state index in [9.17, 15) is 4.79 Å². The van der Waals surface area contributed by atoms with Crippen molar-refractivity contribution in [3.8, 4) is 17.2 Å². The third-order valence-corrected chi connectivity index (χ3v) is 9.21. The first-order valence-corrected chi connectivity index (χ1v) is 18.4. The van der Waals surface area contributed by atoms with Gasteiger partial charge >= 0.3 is 6.16 Å². The third-order valence-electron chi connectivity index (χ3n) is 8.36. The minimum absolute atomic E-state index is 0.0583. The van der Waals surface area contributed by atoms with Gasteiger partial charge in [-0.25, -0.2) is 4.79 Å². The van der Waals surface area contributed by atoms with Gasteiger partial charge in [0.25, 0.3) is 0 Å². The van der Waals surface area contributed by atoms with Gasteiger partial charge in [-0.05, 0) is 80.1 Å². The minimum atomic E-state index is -0.727. The highest BCUT2D eigenvalue weighted by Gasteiger charge is 2.34. The molecule has 3 aromatic carbocycles. The molecule has 276 valence electrons. The second-order valence-corrected chi connectivity index (χ2v) is 14.5. The monoisotopic (exact) mass is 721 g/mol. The van der Waals surface area contributed by atoms with E-state index in [0.717, 1.165) is 52.0 Å². The lowest BCUT2D eigenvalue weighted by Crippen LogP contribution is -2.45. The molecule has 10 nitrogen and oxygen atoms in total. The van der Waals surface area contributed by atoms with Crippen LogP contribution in [0.1, 0.15) is 62.0 Å². The first-order valence-electron chi connectivity index (χ1n) is 17.5. The number of thiophene rings is 1. The van der Waals surface area contributed by atoms with Crippen LogP contribution >= 0.6 is 11.3 Å². The van der Waals surface area contributed by atoms with E-state index >= 15 is 0 Å². The van der Waals surface area contributed by atoms with E-state index in [2.05, 4.69) is 29.6 Å². The fraction of sp³-hybridized carbons (Fsp3) is 0.475. The normalized spacial score (nSPS) is 16.6. The Bertz CT molecular complexity index is 1640. The number of benzene rings is 3. The Hall–Kier alpha value is -3.87. The van der Waals surface area contributed by atoms with Gasteiger partial charge in [-0.3, -0.25) is 0 Å². The smallest absolute Gasteiger partial charge is 0.496 e. The third kappa shape index (κ3) is 11.8. The second-order valence-electron chi connectivity index (χ2n) is 13.4. The van der Waals surface area contributed by atoms with Crippen molar-refractivity contribution in [3.05, 3.63) is 88.1 Å². The Kier molecular flexibility index (Phi) is 14.4. The van der Waals surface area contributed by atoms with Crippen LogP contribution in [0.2, 0.25) is 0 Å². The van der Waals surface area contributed by atoms with Crippen LogP contribution in [0.25, 0.3) is 10.8 Å². The molecule has 0 bridgehead atoms. The van der Waals surface area contributed by atoms with Gasteiger partial charge in [-0.2, -0.15) is 0 Å². The van der Waals surface area contributed by atoms with Gasteiger partial charge in [-0.15, -0.1) is 16.4 Å². The van der Waals surface area contributed by atoms with Gasteiger partial charge in [0.05, 0.1) is 52.8 Å². The van der Waals surface area contributed by atoms with Crippen molar-refractivity contribution in [3.63, 3.8) is 0 Å². The zero-order valence-corrected chi connectivity index (χ0v) is 31.2. The topological polar surface area (TPSA) is 94.2 Å². The average Bonchev–Trinajstić information content (AvgIpc) is 3.64. The lowest BCUT2D eigenvalue weighted by atomic mass is 9.87. The molecule has 5 rings (SSSR count). The van der Waals surface area contributed by atoms with Gasteiger partial charge in [0.15, 0.2) is 0 Å². The number of carbonyl (C=O) groups excluding carboxylic acids is 1. The Labute approximate surface area is 305 Å². The number of fused-ring (bicyclic) bond motifs is 1. The maximum atomic E-state index is 12.6. The molecule has 4 aromatic rings. The molecule has 0 aliphatic carbocycles. The zero-order chi connectivity index (χ0) is 36.1. The fourth-order valence-electron chi connectivity index (χ4n) is 5.98. The van der Waals surface area contributed by atoms with Crippen LogP contribution in [-0.4, -0.2) is 76.7 Å². The van der Waals surface area contributed by atoms with E-state index in [4.69, 9.17) is 38.0 Å². The lowest BCUT2D eigenvalue weighted by Gasteiger charge is -2.37. The predicted octanol–water partition coefficient (Wildman–Crippen LogP) is 8.55. The van der Waals surface area contributed by atoms with Crippen molar-refractivity contribution in [2.45, 2.75) is 70.9 Å². The number of nitrogens with zero attached hydrogens (tertiary/aromatic N) is 1. The number of rotatable bonds is 18. The highest BCUT2D eigenvalue weighted by Crippen LogP contribution is 2.36. The number of carbonyl (C=O) groups is 1. The summed E-state index contributed by atoms with van der Waals surface area (Å²) in [6.07, 6.45) is 1.28. The molecule has 2 heterocycles. The fourth-order valence-corrected chi connectivity index (χ4v) is 6.62. The van der Waals surface area contributed by atoms with E-state index in [-0.39, 0.29) is 12.0 Å². The van der Waals surface area contributed by atoms with Crippen LogP contribution in [-0.2, 0) is 37.0 Å². The SMILES string of the molecule is COCCCOc1cc(COC2CN(OC(=O)OC(C)(C)C)CCC2c2ccc(OCCCOCc3cccs3)cc2)cc2c(OC)cccc12. The van der Waals surface area contributed by atoms with E-state index in [1.54, 1.807) is 30.6 Å². The quantitative estimate of drug-likeness (QED) is 0.0735. The molecule has 1 aliphatic rings. The van der Waals surface area contributed by atoms with Crippen LogP contribution in [0, 0.1) is 0 Å². The van der Waals surface area contributed by atoms with Gasteiger partial charge in [0.2, 0.25) is 0 Å². The maximum absolute atomic E-state index is 12.6. The summed E-state index contributed by atoms with van der Waals surface area (Å²) >= 11 is 1.70. The summed E-state index contributed by atoms with van der Waals surface area (Å²) in [6, 6.07) is 22.4. The minimum Gasteiger partial charge on any atom is -0.496 e. The highest BCUT2D eigenvalue weighted by atomic mass is 32.1. The number of ether oxygens (including phenoxy) is 7. The number of methoxy groups -OCH3 is 2. The summed E-state index contributed by atoms with van der Waals surface area (Å²) < 4.78 is 41.0. The Morgan fingerprint density at radius 3 is 2.41 bits per heavy atom. The molecule has 1 aromatic heterocycles. The average molecular weight is 722 g/mol. The van der Waals surface area contributed by atoms with E-state index in [1.807, 2.05) is 63.2 Å². The van der Waals surface area contributed by atoms with Crippen LogP contribution in [0.4, 0.5) is 4.79 Å². The van der Waals surface area contributed by atoms with E-state index in [0.29, 0.717) is 59.2 Å². The van der Waals surface area contributed by atoms with Gasteiger partial charge in [-0.1, -0.05) is 30.3 Å². The Balaban J connectivity index is 1.26. The molecule has 2 atom stereocenters. The molecular weight excluding hydrogens is 671 g/mol. The molecule has 0 N–H and O–H groups in total. The zero-order valence-electron chi connectivity index (χ0n) is 30.4. The largest absolute Gasteiger partial charge is 0.528 e. The number of hydrogen-bond donors (Lipinski definition) is 0. The number of hydrogen-bond acceptors (Lipinski definition) is 11. The van der Waals surface area contributed by atoms with Gasteiger partial charge < -0.3 is 38.0 Å². The van der Waals surface area contributed by atoms with Gasteiger partial charge in [0, 0.05) is 54.7 Å². The summed E-state index contributed by atoms with van der Waals surface area (Å²) in [7, 11) is 3.35. The van der Waals surface area contributed by atoms with Crippen molar-refractivity contribution < 1.29 is 42.8 Å². The molecule has 0 spiro atoms. The summed E-state index contributed by atoms with van der Waals surface area (Å²) in [6.45, 7) is 9.68. The summed E-state index contributed by atoms with van der Waals surface area (Å²) in [5.74, 6) is 2.39. The summed E-state index contributed by atoms with van der Waals surface area (Å²) in [5, 5.41) is 5.61. The van der Waals surface area contributed by atoms with E-state index in [1.165, 1.54) is 4.88 Å². The van der Waals surface area contributed by atoms with Gasteiger partial charge in [0.1, 0.15) is 22.8 Å². The highest BCUT2D eigenvalue weighted by molar-refractivity contribution is 7.09. The standard InChI is InChI=1S/C40H51NO9S/c1-40(2,3)49-39(42)50-41-18-17-33(30-13-15-31(16-14-30)46-21-9-20-45-28-32-10-7-23-51-32)38(26-41)48-27-29-24-35-34(11-6-12-36(35)44-5)37(25-29)47-22-8-19-43-4/h6-7,10-16,23-25,33,38H,8-9,17-22,26-28H2,1-5H3. The number of hydroxylamine groups is 2. The molecule has 0 radical (unpaired) electrons. The Morgan fingerprint density at radius 2 is 1.67 bits per heavy atom. The second kappa shape index (κ2) is 19.1. The summed E-state index contributed by atoms with van der Waals surface area (Å²) in [4.78, 5) is 19.4. The Morgan fingerprint density at radius 1 is 0.863 bits per heavy atom. The molecule has 2 unspecified atom stereocenters. The van der Waals surface area contributed by atoms with Crippen LogP contribution in [0.5, 0.6) is 17.2 Å². The van der Waals surface area contributed by atoms with Crippen LogP contribution in [0.15, 0.2) is 72.1 Å². The van der Waals surface area contributed by atoms with Crippen molar-refractivity contribution in [2.75, 3.05) is 53.7 Å². The number of piperidine rings is 1. The molecule has 1 saturated heterocycles. The first kappa shape index (κ1) is 38.4. The van der Waals surface area contributed by atoms with Crippen molar-refractivity contribution in [2.24, 2.45) is 0 Å². The van der Waals surface area contributed by atoms with Crippen LogP contribution < -0.4 is 14.2 Å². The molecule has 51 heavy (non-hydrogen) atoms. The van der Waals surface area contributed by atoms with Crippen molar-refractivity contribution >= 4 is 28.3 Å². The maximum Gasteiger partial charge on any atom is 0.528 e. The molecular formula is C40H51NO9S. The molecule has 0 amide bonds. The van der Waals surface area contributed by atoms with Crippen LogP contribution in [0.3, 0.4) is 0 Å². The molecule has 0 saturated carbocycles.